The molecule has 1 saturated heterocycles. The van der Waals surface area contributed by atoms with Gasteiger partial charge in [-0.2, -0.15) is 0 Å². The molecule has 0 spiro atoms. The molecule has 1 aromatic rings. The van der Waals surface area contributed by atoms with Crippen molar-refractivity contribution in [3.8, 4) is 0 Å². The standard InChI is InChI=1S/C12H17N3O/c1-13-12(16)11-4-7-15(9-11)8-10-2-5-14-6-3-10/h2-3,5-6,11H,4,7-9H2,1H3,(H,13,16). The number of hydrogen-bond acceptors (Lipinski definition) is 3. The Balaban J connectivity index is 1.88. The lowest BCUT2D eigenvalue weighted by atomic mass is 10.1. The topological polar surface area (TPSA) is 45.2 Å². The van der Waals surface area contributed by atoms with Crippen LogP contribution >= 0.6 is 0 Å². The van der Waals surface area contributed by atoms with Gasteiger partial charge >= 0.3 is 0 Å². The number of likely N-dealkylation sites (tertiary alicyclic amines) is 1. The van der Waals surface area contributed by atoms with Crippen molar-refractivity contribution in [1.82, 2.24) is 15.2 Å². The Labute approximate surface area is 95.7 Å². The number of carbonyl (C=O) groups excluding carboxylic acids is 1. The van der Waals surface area contributed by atoms with Gasteiger partial charge in [0.2, 0.25) is 5.91 Å². The third-order valence-corrected chi connectivity index (χ3v) is 3.05. The Morgan fingerprint density at radius 1 is 1.56 bits per heavy atom. The average molecular weight is 219 g/mol. The Bertz CT molecular complexity index is 353. The van der Waals surface area contributed by atoms with Crippen LogP contribution in [0.15, 0.2) is 24.5 Å². The maximum atomic E-state index is 11.5. The van der Waals surface area contributed by atoms with Gasteiger partial charge in [0, 0.05) is 32.5 Å². The van der Waals surface area contributed by atoms with Gasteiger partial charge in [-0.05, 0) is 30.7 Å². The van der Waals surface area contributed by atoms with E-state index in [9.17, 15) is 4.79 Å². The normalized spacial score (nSPS) is 20.9. The van der Waals surface area contributed by atoms with Crippen molar-refractivity contribution >= 4 is 5.91 Å². The molecule has 1 aliphatic heterocycles. The molecule has 4 heteroatoms. The third-order valence-electron chi connectivity index (χ3n) is 3.05. The molecular formula is C12H17N3O. The molecule has 1 atom stereocenters. The van der Waals surface area contributed by atoms with E-state index in [-0.39, 0.29) is 11.8 Å². The second-order valence-corrected chi connectivity index (χ2v) is 4.19. The second-order valence-electron chi connectivity index (χ2n) is 4.19. The number of amides is 1. The summed E-state index contributed by atoms with van der Waals surface area (Å²) in [6, 6.07) is 4.04. The summed E-state index contributed by atoms with van der Waals surface area (Å²) in [6.45, 7) is 2.78. The molecule has 1 amide bonds. The van der Waals surface area contributed by atoms with Crippen LogP contribution in [0.3, 0.4) is 0 Å². The molecule has 0 saturated carbocycles. The second kappa shape index (κ2) is 5.07. The maximum Gasteiger partial charge on any atom is 0.224 e. The molecule has 0 radical (unpaired) electrons. The van der Waals surface area contributed by atoms with Crippen LogP contribution in [0.25, 0.3) is 0 Å². The third kappa shape index (κ3) is 2.58. The van der Waals surface area contributed by atoms with Crippen LogP contribution in [0, 0.1) is 5.92 Å². The van der Waals surface area contributed by atoms with Gasteiger partial charge in [0.1, 0.15) is 0 Å². The highest BCUT2D eigenvalue weighted by Crippen LogP contribution is 2.18. The number of hydrogen-bond donors (Lipinski definition) is 1. The summed E-state index contributed by atoms with van der Waals surface area (Å²) in [5.74, 6) is 0.323. The number of nitrogens with zero attached hydrogens (tertiary/aromatic N) is 2. The SMILES string of the molecule is CNC(=O)C1CCN(Cc2ccncc2)C1. The van der Waals surface area contributed by atoms with Gasteiger partial charge in [-0.15, -0.1) is 0 Å². The predicted molar refractivity (Wildman–Crippen MR) is 61.7 cm³/mol. The molecule has 1 fully saturated rings. The van der Waals surface area contributed by atoms with E-state index in [4.69, 9.17) is 0 Å². The first-order chi connectivity index (χ1) is 7.79. The number of carbonyl (C=O) groups is 1. The van der Waals surface area contributed by atoms with Gasteiger partial charge in [0.15, 0.2) is 0 Å². The molecule has 1 N–H and O–H groups in total. The molecule has 0 aromatic carbocycles. The van der Waals surface area contributed by atoms with Crippen molar-refractivity contribution in [2.75, 3.05) is 20.1 Å². The summed E-state index contributed by atoms with van der Waals surface area (Å²) < 4.78 is 0. The zero-order valence-electron chi connectivity index (χ0n) is 9.52. The fraction of sp³-hybridized carbons (Fsp3) is 0.500. The van der Waals surface area contributed by atoms with Crippen molar-refractivity contribution < 1.29 is 4.79 Å². The van der Waals surface area contributed by atoms with Crippen molar-refractivity contribution in [3.05, 3.63) is 30.1 Å². The summed E-state index contributed by atoms with van der Waals surface area (Å²) in [6.07, 6.45) is 4.58. The maximum absolute atomic E-state index is 11.5. The van der Waals surface area contributed by atoms with E-state index < -0.39 is 0 Å². The Hall–Kier alpha value is -1.42. The van der Waals surface area contributed by atoms with Crippen LogP contribution in [0.2, 0.25) is 0 Å². The zero-order valence-corrected chi connectivity index (χ0v) is 9.52. The van der Waals surface area contributed by atoms with Crippen LogP contribution < -0.4 is 5.32 Å². The molecule has 2 heterocycles. The summed E-state index contributed by atoms with van der Waals surface area (Å²) in [5.41, 5.74) is 1.26. The molecule has 1 unspecified atom stereocenters. The van der Waals surface area contributed by atoms with Gasteiger partial charge < -0.3 is 5.32 Å². The molecule has 2 rings (SSSR count). The van der Waals surface area contributed by atoms with E-state index in [2.05, 4.69) is 15.2 Å². The summed E-state index contributed by atoms with van der Waals surface area (Å²) in [7, 11) is 1.70. The molecule has 4 nitrogen and oxygen atoms in total. The van der Waals surface area contributed by atoms with E-state index in [0.29, 0.717) is 0 Å². The Morgan fingerprint density at radius 3 is 3.00 bits per heavy atom. The first-order valence-corrected chi connectivity index (χ1v) is 5.62. The first-order valence-electron chi connectivity index (χ1n) is 5.62. The highest BCUT2D eigenvalue weighted by Gasteiger charge is 2.27. The van der Waals surface area contributed by atoms with E-state index in [0.717, 1.165) is 26.1 Å². The van der Waals surface area contributed by atoms with Crippen LogP contribution in [-0.2, 0) is 11.3 Å². The van der Waals surface area contributed by atoms with Crippen LogP contribution in [0.4, 0.5) is 0 Å². The smallest absolute Gasteiger partial charge is 0.224 e. The number of nitrogens with one attached hydrogen (secondary N) is 1. The average Bonchev–Trinajstić information content (AvgIpc) is 2.78. The number of rotatable bonds is 3. The van der Waals surface area contributed by atoms with E-state index in [1.165, 1.54) is 5.56 Å². The quantitative estimate of drug-likeness (QED) is 0.812. The van der Waals surface area contributed by atoms with Gasteiger partial charge in [-0.1, -0.05) is 0 Å². The number of pyridine rings is 1. The van der Waals surface area contributed by atoms with Gasteiger partial charge in [0.25, 0.3) is 0 Å². The monoisotopic (exact) mass is 219 g/mol. The first kappa shape index (κ1) is 11.1. The highest BCUT2D eigenvalue weighted by molar-refractivity contribution is 5.78. The summed E-state index contributed by atoms with van der Waals surface area (Å²) in [5, 5.41) is 2.72. The lowest BCUT2D eigenvalue weighted by Crippen LogP contribution is -2.30. The van der Waals surface area contributed by atoms with E-state index >= 15 is 0 Å². The lowest BCUT2D eigenvalue weighted by molar-refractivity contribution is -0.124. The van der Waals surface area contributed by atoms with Gasteiger partial charge in [-0.25, -0.2) is 0 Å². The summed E-state index contributed by atoms with van der Waals surface area (Å²) in [4.78, 5) is 17.8. The molecule has 0 aliphatic carbocycles. The van der Waals surface area contributed by atoms with Crippen molar-refractivity contribution in [1.29, 1.82) is 0 Å². The van der Waals surface area contributed by atoms with Crippen molar-refractivity contribution in [2.24, 2.45) is 5.92 Å². The minimum atomic E-state index is 0.159. The number of aromatic nitrogens is 1. The van der Waals surface area contributed by atoms with E-state index in [1.54, 1.807) is 7.05 Å². The van der Waals surface area contributed by atoms with Crippen LogP contribution in [0.1, 0.15) is 12.0 Å². The summed E-state index contributed by atoms with van der Waals surface area (Å²) >= 11 is 0. The van der Waals surface area contributed by atoms with Crippen molar-refractivity contribution in [3.63, 3.8) is 0 Å². The Morgan fingerprint density at radius 2 is 2.31 bits per heavy atom. The van der Waals surface area contributed by atoms with Crippen LogP contribution in [-0.4, -0.2) is 35.9 Å². The lowest BCUT2D eigenvalue weighted by Gasteiger charge is -2.15. The molecule has 86 valence electrons. The molecule has 0 bridgehead atoms. The minimum absolute atomic E-state index is 0.159. The minimum Gasteiger partial charge on any atom is -0.359 e. The largest absolute Gasteiger partial charge is 0.359 e. The highest BCUT2D eigenvalue weighted by atomic mass is 16.1. The van der Waals surface area contributed by atoms with E-state index in [1.807, 2.05) is 24.5 Å². The zero-order chi connectivity index (χ0) is 11.4. The van der Waals surface area contributed by atoms with Crippen LogP contribution in [0.5, 0.6) is 0 Å². The van der Waals surface area contributed by atoms with Gasteiger partial charge in [0.05, 0.1) is 5.92 Å². The van der Waals surface area contributed by atoms with Crippen molar-refractivity contribution in [2.45, 2.75) is 13.0 Å². The Kier molecular flexibility index (Phi) is 3.51. The molecule has 16 heavy (non-hydrogen) atoms. The predicted octanol–water partition coefficient (Wildman–Crippen LogP) is 0.649. The molecule has 1 aliphatic rings. The molecule has 1 aromatic heterocycles. The van der Waals surface area contributed by atoms with Gasteiger partial charge in [-0.3, -0.25) is 14.7 Å². The molecular weight excluding hydrogens is 202 g/mol. The fourth-order valence-electron chi connectivity index (χ4n) is 2.14. The fourth-order valence-corrected chi connectivity index (χ4v) is 2.14.